The third-order valence-corrected chi connectivity index (χ3v) is 2.83. The molecule has 87 valence electrons. The van der Waals surface area contributed by atoms with E-state index < -0.39 is 0 Å². The van der Waals surface area contributed by atoms with E-state index in [4.69, 9.17) is 0 Å². The second-order valence-corrected chi connectivity index (χ2v) is 4.16. The molecule has 1 aliphatic heterocycles. The van der Waals surface area contributed by atoms with Crippen LogP contribution in [0.2, 0.25) is 0 Å². The van der Waals surface area contributed by atoms with E-state index in [1.807, 2.05) is 49.7 Å². The molecule has 1 aromatic rings. The Hall–Kier alpha value is -1.27. The molecule has 0 aromatic carbocycles. The highest BCUT2D eigenvalue weighted by Gasteiger charge is 2.29. The lowest BCUT2D eigenvalue weighted by Gasteiger charge is -2.14. The van der Waals surface area contributed by atoms with E-state index >= 15 is 0 Å². The van der Waals surface area contributed by atoms with Crippen molar-refractivity contribution in [2.24, 2.45) is 24.3 Å². The van der Waals surface area contributed by atoms with Crippen LogP contribution in [0.5, 0.6) is 0 Å². The molecule has 0 spiro atoms. The predicted octanol–water partition coefficient (Wildman–Crippen LogP) is 0.257. The van der Waals surface area contributed by atoms with Crippen LogP contribution in [0.15, 0.2) is 22.6 Å². The van der Waals surface area contributed by atoms with E-state index in [2.05, 4.69) is 20.0 Å². The van der Waals surface area contributed by atoms with Gasteiger partial charge in [-0.05, 0) is 14.1 Å². The molecule has 1 fully saturated rings. The normalized spacial score (nSPS) is 20.2. The molecule has 0 amide bonds. The Kier molecular flexibility index (Phi) is 3.02. The first kappa shape index (κ1) is 11.2. The van der Waals surface area contributed by atoms with Gasteiger partial charge in [0.25, 0.3) is 6.29 Å². The first-order chi connectivity index (χ1) is 7.59. The van der Waals surface area contributed by atoms with Gasteiger partial charge in [0.05, 0.1) is 26.5 Å². The van der Waals surface area contributed by atoms with Crippen LogP contribution < -0.4 is 4.57 Å². The number of nitrogens with zero attached hydrogens (tertiary/aromatic N) is 6. The maximum atomic E-state index is 4.30. The van der Waals surface area contributed by atoms with Crippen molar-refractivity contribution in [1.29, 1.82) is 0 Å². The molecule has 0 saturated carbocycles. The van der Waals surface area contributed by atoms with Crippen LogP contribution in [0.4, 0.5) is 5.95 Å². The van der Waals surface area contributed by atoms with E-state index in [1.54, 1.807) is 0 Å². The highest BCUT2D eigenvalue weighted by atomic mass is 15.5. The van der Waals surface area contributed by atoms with Gasteiger partial charge in [0.1, 0.15) is 0 Å². The number of aryl methyl sites for hydroxylation is 2. The molecule has 2 rings (SSSR count). The minimum atomic E-state index is 0.834. The first-order valence-electron chi connectivity index (χ1n) is 5.31. The van der Waals surface area contributed by atoms with Gasteiger partial charge in [-0.3, -0.25) is 9.80 Å². The maximum absolute atomic E-state index is 4.30. The summed E-state index contributed by atoms with van der Waals surface area (Å²) in [5, 5.41) is 8.58. The molecule has 1 radical (unpaired) electrons. The molecule has 0 atom stereocenters. The molecule has 16 heavy (non-hydrogen) atoms. The van der Waals surface area contributed by atoms with E-state index in [-0.39, 0.29) is 0 Å². The largest absolute Gasteiger partial charge is 0.420 e. The fraction of sp³-hybridized carbons (Fsp3) is 0.600. The number of hydrogen-bond donors (Lipinski definition) is 0. The smallest absolute Gasteiger partial charge is 0.261 e. The lowest BCUT2D eigenvalue weighted by Crippen LogP contribution is -2.26. The van der Waals surface area contributed by atoms with Crippen molar-refractivity contribution >= 4 is 5.95 Å². The fourth-order valence-electron chi connectivity index (χ4n) is 1.76. The zero-order valence-corrected chi connectivity index (χ0v) is 10.3. The van der Waals surface area contributed by atoms with E-state index in [0.717, 1.165) is 25.3 Å². The number of imidazole rings is 1. The number of rotatable bonds is 2. The summed E-state index contributed by atoms with van der Waals surface area (Å²) in [4.78, 5) is 4.21. The number of aromatic nitrogens is 2. The Morgan fingerprint density at radius 2 is 1.75 bits per heavy atom. The second kappa shape index (κ2) is 4.31. The topological polar surface area (TPSA) is 40.0 Å². The van der Waals surface area contributed by atoms with Crippen molar-refractivity contribution in [2.45, 2.75) is 0 Å². The lowest BCUT2D eigenvalue weighted by molar-refractivity contribution is -0.657. The Bertz CT molecular complexity index is 367. The summed E-state index contributed by atoms with van der Waals surface area (Å²) < 4.78 is 3.89. The minimum absolute atomic E-state index is 0.834. The van der Waals surface area contributed by atoms with E-state index in [9.17, 15) is 0 Å². The predicted molar refractivity (Wildman–Crippen MR) is 59.6 cm³/mol. The first-order valence-corrected chi connectivity index (χ1v) is 5.31. The minimum Gasteiger partial charge on any atom is -0.261 e. The summed E-state index contributed by atoms with van der Waals surface area (Å²) in [5.74, 6) is 0.834. The lowest BCUT2D eigenvalue weighted by atomic mass is 10.6. The van der Waals surface area contributed by atoms with Gasteiger partial charge < -0.3 is 0 Å². The summed E-state index contributed by atoms with van der Waals surface area (Å²) >= 11 is 0. The van der Waals surface area contributed by atoms with Crippen molar-refractivity contribution in [3.05, 3.63) is 18.7 Å². The summed E-state index contributed by atoms with van der Waals surface area (Å²) in [6, 6.07) is 0. The molecule has 0 aliphatic carbocycles. The van der Waals surface area contributed by atoms with Crippen LogP contribution in [-0.2, 0) is 14.1 Å². The van der Waals surface area contributed by atoms with E-state index in [0.29, 0.717) is 0 Å². The standard InChI is InChI=1S/C10H18N6/c1-13-5-6-14(2)9(13)11-12-10-15(3)7-8-16(10)4/h5-6H,7-8H2,1-4H3/q+1. The number of likely N-dealkylation sites (N-methyl/N-ethyl adjacent to an activating group) is 2. The number of hydrogen-bond acceptors (Lipinski definition) is 4. The fourth-order valence-corrected chi connectivity index (χ4v) is 1.76. The van der Waals surface area contributed by atoms with Crippen molar-refractivity contribution in [2.75, 3.05) is 27.2 Å². The zero-order chi connectivity index (χ0) is 11.7. The Labute approximate surface area is 95.8 Å². The SMILES string of the molecule is CN1CCN(C)[C]1/N=N/c1n(C)cc[n+]1C. The monoisotopic (exact) mass is 222 g/mol. The molecular formula is C10H18N6+. The van der Waals surface area contributed by atoms with Gasteiger partial charge in [0, 0.05) is 18.2 Å². The highest BCUT2D eigenvalue weighted by Crippen LogP contribution is 2.20. The third-order valence-electron chi connectivity index (χ3n) is 2.83. The van der Waals surface area contributed by atoms with Crippen molar-refractivity contribution in [3.8, 4) is 0 Å². The van der Waals surface area contributed by atoms with Crippen LogP contribution in [-0.4, -0.2) is 41.6 Å². The number of azo groups is 1. The van der Waals surface area contributed by atoms with Gasteiger partial charge in [-0.2, -0.15) is 0 Å². The van der Waals surface area contributed by atoms with Crippen molar-refractivity contribution < 1.29 is 4.57 Å². The maximum Gasteiger partial charge on any atom is 0.420 e. The molecule has 1 aliphatic rings. The summed E-state index contributed by atoms with van der Waals surface area (Å²) in [7, 11) is 7.98. The molecule has 1 saturated heterocycles. The van der Waals surface area contributed by atoms with Gasteiger partial charge in [0.2, 0.25) is 0 Å². The zero-order valence-electron chi connectivity index (χ0n) is 10.3. The van der Waals surface area contributed by atoms with Crippen LogP contribution in [0.3, 0.4) is 0 Å². The third kappa shape index (κ3) is 1.98. The van der Waals surface area contributed by atoms with Crippen molar-refractivity contribution in [1.82, 2.24) is 14.4 Å². The summed E-state index contributed by atoms with van der Waals surface area (Å²) in [6.07, 6.45) is 4.84. The molecule has 6 heteroatoms. The van der Waals surface area contributed by atoms with Crippen LogP contribution in [0.25, 0.3) is 0 Å². The summed E-state index contributed by atoms with van der Waals surface area (Å²) in [5.41, 5.74) is 0. The molecule has 6 nitrogen and oxygen atoms in total. The molecule has 0 unspecified atom stereocenters. The van der Waals surface area contributed by atoms with Crippen LogP contribution in [0.1, 0.15) is 0 Å². The molecular weight excluding hydrogens is 204 g/mol. The molecule has 0 bridgehead atoms. The Balaban J connectivity index is 2.15. The van der Waals surface area contributed by atoms with Crippen molar-refractivity contribution in [3.63, 3.8) is 0 Å². The highest BCUT2D eigenvalue weighted by molar-refractivity contribution is 5.06. The average molecular weight is 222 g/mol. The molecule has 1 aromatic heterocycles. The summed E-state index contributed by atoms with van der Waals surface area (Å²) in [6.45, 7) is 2.01. The Morgan fingerprint density at radius 1 is 1.12 bits per heavy atom. The Morgan fingerprint density at radius 3 is 2.25 bits per heavy atom. The quantitative estimate of drug-likeness (QED) is 0.532. The van der Waals surface area contributed by atoms with Gasteiger partial charge in [-0.1, -0.05) is 5.11 Å². The molecule has 2 heterocycles. The van der Waals surface area contributed by atoms with Gasteiger partial charge in [-0.25, -0.2) is 9.13 Å². The average Bonchev–Trinajstić information content (AvgIpc) is 2.72. The van der Waals surface area contributed by atoms with Gasteiger partial charge in [-0.15, -0.1) is 0 Å². The van der Waals surface area contributed by atoms with Gasteiger partial charge >= 0.3 is 5.95 Å². The second-order valence-electron chi connectivity index (χ2n) is 4.16. The van der Waals surface area contributed by atoms with Crippen LogP contribution >= 0.6 is 0 Å². The van der Waals surface area contributed by atoms with Gasteiger partial charge in [0.15, 0.2) is 0 Å². The molecule has 0 N–H and O–H groups in total. The van der Waals surface area contributed by atoms with Crippen LogP contribution in [0, 0.1) is 6.29 Å². The van der Waals surface area contributed by atoms with E-state index in [1.165, 1.54) is 0 Å².